The van der Waals surface area contributed by atoms with Gasteiger partial charge in [0.25, 0.3) is 0 Å². The van der Waals surface area contributed by atoms with Crippen LogP contribution in [0, 0.1) is 0 Å². The standard InChI is InChI=1S/C10H18N2O5S/c1-12(4-2-10(14)15)9(13)6-8-7-18(16,17)5-3-11-8/h8,11H,2-7H2,1H3,(H,14,15). The number of amides is 1. The van der Waals surface area contributed by atoms with E-state index in [4.69, 9.17) is 5.11 Å². The molecule has 1 saturated heterocycles. The Balaban J connectivity index is 2.41. The predicted octanol–water partition coefficient (Wildman–Crippen LogP) is -1.30. The summed E-state index contributed by atoms with van der Waals surface area (Å²) in [7, 11) is -1.54. The maximum Gasteiger partial charge on any atom is 0.305 e. The third-order valence-electron chi connectivity index (χ3n) is 2.81. The van der Waals surface area contributed by atoms with Crippen molar-refractivity contribution in [3.8, 4) is 0 Å². The Labute approximate surface area is 106 Å². The van der Waals surface area contributed by atoms with Gasteiger partial charge in [-0.1, -0.05) is 0 Å². The smallest absolute Gasteiger partial charge is 0.305 e. The first-order chi connectivity index (χ1) is 8.30. The largest absolute Gasteiger partial charge is 0.481 e. The first kappa shape index (κ1) is 14.9. The van der Waals surface area contributed by atoms with Crippen LogP contribution in [0.3, 0.4) is 0 Å². The highest BCUT2D eigenvalue weighted by atomic mass is 32.2. The van der Waals surface area contributed by atoms with Crippen molar-refractivity contribution in [2.45, 2.75) is 18.9 Å². The van der Waals surface area contributed by atoms with Gasteiger partial charge in [0.2, 0.25) is 5.91 Å². The number of hydrogen-bond acceptors (Lipinski definition) is 5. The molecule has 0 saturated carbocycles. The van der Waals surface area contributed by atoms with Crippen molar-refractivity contribution in [1.29, 1.82) is 0 Å². The van der Waals surface area contributed by atoms with Crippen LogP contribution in [0.2, 0.25) is 0 Å². The molecule has 1 heterocycles. The summed E-state index contributed by atoms with van der Waals surface area (Å²) in [6.45, 7) is 0.493. The number of aliphatic carboxylic acids is 1. The van der Waals surface area contributed by atoms with Crippen LogP contribution >= 0.6 is 0 Å². The predicted molar refractivity (Wildman–Crippen MR) is 65.0 cm³/mol. The zero-order chi connectivity index (χ0) is 13.8. The lowest BCUT2D eigenvalue weighted by Crippen LogP contribution is -2.47. The van der Waals surface area contributed by atoms with Crippen molar-refractivity contribution in [2.24, 2.45) is 0 Å². The summed E-state index contributed by atoms with van der Waals surface area (Å²) < 4.78 is 22.8. The SMILES string of the molecule is CN(CCC(=O)O)C(=O)CC1CS(=O)(=O)CCN1. The minimum atomic E-state index is -3.06. The molecule has 0 spiro atoms. The van der Waals surface area contributed by atoms with Crippen molar-refractivity contribution in [3.05, 3.63) is 0 Å². The van der Waals surface area contributed by atoms with Crippen LogP contribution in [-0.2, 0) is 19.4 Å². The fraction of sp³-hybridized carbons (Fsp3) is 0.800. The first-order valence-electron chi connectivity index (χ1n) is 5.70. The molecule has 0 bridgehead atoms. The molecule has 0 aliphatic carbocycles. The normalized spacial score (nSPS) is 22.4. The van der Waals surface area contributed by atoms with E-state index >= 15 is 0 Å². The van der Waals surface area contributed by atoms with Gasteiger partial charge in [-0.3, -0.25) is 9.59 Å². The van der Waals surface area contributed by atoms with E-state index in [-0.39, 0.29) is 42.8 Å². The van der Waals surface area contributed by atoms with Crippen molar-refractivity contribution < 1.29 is 23.1 Å². The molecule has 1 fully saturated rings. The molecule has 1 unspecified atom stereocenters. The molecule has 8 heteroatoms. The average molecular weight is 278 g/mol. The van der Waals surface area contributed by atoms with Gasteiger partial charge in [0.1, 0.15) is 0 Å². The Morgan fingerprint density at radius 3 is 2.67 bits per heavy atom. The minimum Gasteiger partial charge on any atom is -0.481 e. The van der Waals surface area contributed by atoms with Crippen LogP contribution in [0.4, 0.5) is 0 Å². The van der Waals surface area contributed by atoms with Gasteiger partial charge in [-0.2, -0.15) is 0 Å². The van der Waals surface area contributed by atoms with Crippen LogP contribution in [0.1, 0.15) is 12.8 Å². The molecule has 0 aromatic rings. The summed E-state index contributed by atoms with van der Waals surface area (Å²) in [5, 5.41) is 11.5. The monoisotopic (exact) mass is 278 g/mol. The molecule has 1 aliphatic rings. The van der Waals surface area contributed by atoms with Gasteiger partial charge >= 0.3 is 5.97 Å². The lowest BCUT2D eigenvalue weighted by Gasteiger charge is -2.25. The number of nitrogens with one attached hydrogen (secondary N) is 1. The highest BCUT2D eigenvalue weighted by Gasteiger charge is 2.26. The van der Waals surface area contributed by atoms with Crippen LogP contribution in [-0.4, -0.2) is 68.0 Å². The molecular weight excluding hydrogens is 260 g/mol. The van der Waals surface area contributed by atoms with E-state index in [0.29, 0.717) is 6.54 Å². The summed E-state index contributed by atoms with van der Waals surface area (Å²) in [6.07, 6.45) is -0.0337. The molecule has 1 amide bonds. The number of rotatable bonds is 5. The lowest BCUT2D eigenvalue weighted by atomic mass is 10.2. The number of nitrogens with zero attached hydrogens (tertiary/aromatic N) is 1. The van der Waals surface area contributed by atoms with Crippen LogP contribution < -0.4 is 5.32 Å². The van der Waals surface area contributed by atoms with Crippen LogP contribution in [0.25, 0.3) is 0 Å². The Kier molecular flexibility index (Phi) is 5.09. The first-order valence-corrected chi connectivity index (χ1v) is 7.52. The van der Waals surface area contributed by atoms with E-state index in [2.05, 4.69) is 5.32 Å². The van der Waals surface area contributed by atoms with Gasteiger partial charge in [0.15, 0.2) is 9.84 Å². The van der Waals surface area contributed by atoms with Crippen LogP contribution in [0.15, 0.2) is 0 Å². The molecule has 7 nitrogen and oxygen atoms in total. The van der Waals surface area contributed by atoms with Crippen molar-refractivity contribution in [1.82, 2.24) is 10.2 Å². The van der Waals surface area contributed by atoms with Gasteiger partial charge in [-0.25, -0.2) is 8.42 Å². The molecule has 0 aromatic carbocycles. The van der Waals surface area contributed by atoms with Crippen molar-refractivity contribution in [3.63, 3.8) is 0 Å². The van der Waals surface area contributed by atoms with E-state index in [1.54, 1.807) is 0 Å². The quantitative estimate of drug-likeness (QED) is 0.647. The average Bonchev–Trinajstić information content (AvgIpc) is 2.24. The van der Waals surface area contributed by atoms with E-state index < -0.39 is 15.8 Å². The Morgan fingerprint density at radius 2 is 2.11 bits per heavy atom. The fourth-order valence-corrected chi connectivity index (χ4v) is 3.20. The zero-order valence-electron chi connectivity index (χ0n) is 10.3. The van der Waals surface area contributed by atoms with Gasteiger partial charge < -0.3 is 15.3 Å². The number of carbonyl (C=O) groups is 2. The third kappa shape index (κ3) is 5.01. The fourth-order valence-electron chi connectivity index (χ4n) is 1.75. The molecule has 1 rings (SSSR count). The number of sulfone groups is 1. The molecule has 0 radical (unpaired) electrons. The second-order valence-corrected chi connectivity index (χ2v) is 6.66. The van der Waals surface area contributed by atoms with Gasteiger partial charge in [-0.15, -0.1) is 0 Å². The van der Waals surface area contributed by atoms with Gasteiger partial charge in [0.05, 0.1) is 17.9 Å². The summed E-state index contributed by atoms with van der Waals surface area (Å²) in [4.78, 5) is 23.4. The second-order valence-electron chi connectivity index (χ2n) is 4.43. The van der Waals surface area contributed by atoms with Gasteiger partial charge in [-0.05, 0) is 0 Å². The maximum absolute atomic E-state index is 11.7. The number of carboxylic acid groups (broad SMARTS) is 1. The zero-order valence-corrected chi connectivity index (χ0v) is 11.1. The highest BCUT2D eigenvalue weighted by Crippen LogP contribution is 2.06. The Hall–Kier alpha value is -1.15. The van der Waals surface area contributed by atoms with Crippen molar-refractivity contribution in [2.75, 3.05) is 31.6 Å². The van der Waals surface area contributed by atoms with Gasteiger partial charge in [0, 0.05) is 32.6 Å². The number of hydrogen-bond donors (Lipinski definition) is 2. The molecule has 1 atom stereocenters. The lowest BCUT2D eigenvalue weighted by molar-refractivity contribution is -0.138. The molecule has 2 N–H and O–H groups in total. The Morgan fingerprint density at radius 1 is 1.44 bits per heavy atom. The molecule has 104 valence electrons. The van der Waals surface area contributed by atoms with Crippen LogP contribution in [0.5, 0.6) is 0 Å². The number of carboxylic acids is 1. The summed E-state index contributed by atoms with van der Waals surface area (Å²) >= 11 is 0. The second kappa shape index (κ2) is 6.14. The minimum absolute atomic E-state index is 0.0362. The van der Waals surface area contributed by atoms with E-state index in [1.807, 2.05) is 0 Å². The number of carbonyl (C=O) groups excluding carboxylic acids is 1. The van der Waals surface area contributed by atoms with Crippen molar-refractivity contribution >= 4 is 21.7 Å². The summed E-state index contributed by atoms with van der Waals surface area (Å²) in [6, 6.07) is -0.372. The molecule has 1 aliphatic heterocycles. The van der Waals surface area contributed by atoms with E-state index in [1.165, 1.54) is 11.9 Å². The maximum atomic E-state index is 11.7. The Bertz CT molecular complexity index is 420. The summed E-state index contributed by atoms with van der Waals surface area (Å²) in [5.74, 6) is -1.14. The third-order valence-corrected chi connectivity index (χ3v) is 4.55. The van der Waals surface area contributed by atoms with E-state index in [9.17, 15) is 18.0 Å². The topological polar surface area (TPSA) is 104 Å². The van der Waals surface area contributed by atoms with E-state index in [0.717, 1.165) is 0 Å². The molecule has 18 heavy (non-hydrogen) atoms. The highest BCUT2D eigenvalue weighted by molar-refractivity contribution is 7.91. The molecule has 0 aromatic heterocycles. The molecular formula is C10H18N2O5S. The summed E-state index contributed by atoms with van der Waals surface area (Å²) in [5.41, 5.74) is 0.